The first-order chi connectivity index (χ1) is 4.65. The minimum absolute atomic E-state index is 0.159. The molecule has 65 valence electrons. The smallest absolute Gasteiger partial charge is 0.143 e. The zero-order valence-corrected chi connectivity index (χ0v) is 8.73. The van der Waals surface area contributed by atoms with Gasteiger partial charge in [0.05, 0.1) is 0 Å². The zero-order valence-electron chi connectivity index (χ0n) is 8.73. The third kappa shape index (κ3) is 4.46. The van der Waals surface area contributed by atoms with E-state index in [9.17, 15) is 0 Å². The lowest BCUT2D eigenvalue weighted by molar-refractivity contribution is 0.459. The van der Waals surface area contributed by atoms with Gasteiger partial charge < -0.3 is 5.73 Å². The lowest BCUT2D eigenvalue weighted by atomic mass is 9.41. The van der Waals surface area contributed by atoms with Crippen molar-refractivity contribution in [3.05, 3.63) is 0 Å². The van der Waals surface area contributed by atoms with Crippen molar-refractivity contribution in [1.29, 1.82) is 0 Å². The molecule has 0 unspecified atom stereocenters. The van der Waals surface area contributed by atoms with Gasteiger partial charge in [-0.2, -0.15) is 0 Å². The summed E-state index contributed by atoms with van der Waals surface area (Å²) in [6.45, 7) is 13.0. The lowest BCUT2D eigenvalue weighted by Crippen LogP contribution is -2.45. The van der Waals surface area contributed by atoms with Gasteiger partial charge in [0, 0.05) is 0 Å². The number of nitrogens with two attached hydrogens (primary N) is 1. The van der Waals surface area contributed by atoms with E-state index in [1.54, 1.807) is 0 Å². The van der Waals surface area contributed by atoms with Gasteiger partial charge in [0.15, 0.2) is 0 Å². The van der Waals surface area contributed by atoms with E-state index in [-0.39, 0.29) is 10.8 Å². The fourth-order valence-corrected chi connectivity index (χ4v) is 1.13. The normalized spacial score (nSPS) is 13.8. The first-order valence-electron chi connectivity index (χ1n) is 4.31. The second-order valence-electron chi connectivity index (χ2n) is 4.94. The molecule has 0 saturated heterocycles. The average Bonchev–Trinajstić information content (AvgIpc) is 1.56. The van der Waals surface area contributed by atoms with Crippen molar-refractivity contribution in [3.63, 3.8) is 0 Å². The molecule has 0 spiro atoms. The molecular formula is C9H21BN. The van der Waals surface area contributed by atoms with Crippen molar-refractivity contribution < 1.29 is 0 Å². The van der Waals surface area contributed by atoms with E-state index in [4.69, 9.17) is 5.73 Å². The summed E-state index contributed by atoms with van der Waals surface area (Å²) in [7, 11) is 2.23. The van der Waals surface area contributed by atoms with Crippen molar-refractivity contribution in [2.45, 2.75) is 52.3 Å². The molecule has 1 nitrogen and oxygen atoms in total. The Balaban J connectivity index is 4.13. The summed E-state index contributed by atoms with van der Waals surface area (Å²) in [5.74, 6) is 0.644. The quantitative estimate of drug-likeness (QED) is 0.620. The van der Waals surface area contributed by atoms with Crippen LogP contribution in [0.15, 0.2) is 0 Å². The Kier molecular flexibility index (Phi) is 3.19. The molecule has 0 aliphatic carbocycles. The monoisotopic (exact) mass is 154 g/mol. The molecule has 0 fully saturated rings. The molecule has 11 heavy (non-hydrogen) atoms. The fraction of sp³-hybridized carbons (Fsp3) is 1.00. The molecule has 0 heterocycles. The molecule has 0 aromatic heterocycles. The third-order valence-electron chi connectivity index (χ3n) is 2.23. The molecular weight excluding hydrogens is 133 g/mol. The Hall–Kier alpha value is 0.0249. The largest absolute Gasteiger partial charge is 0.333 e. The van der Waals surface area contributed by atoms with Gasteiger partial charge >= 0.3 is 0 Å². The van der Waals surface area contributed by atoms with Crippen molar-refractivity contribution in [1.82, 2.24) is 0 Å². The maximum Gasteiger partial charge on any atom is 0.143 e. The maximum atomic E-state index is 5.90. The summed E-state index contributed by atoms with van der Waals surface area (Å²) in [5, 5.41) is 0.234. The van der Waals surface area contributed by atoms with E-state index in [0.717, 1.165) is 0 Å². The molecule has 0 rings (SSSR count). The van der Waals surface area contributed by atoms with Gasteiger partial charge in [0.1, 0.15) is 7.28 Å². The molecule has 1 radical (unpaired) electrons. The molecule has 0 bridgehead atoms. The molecule has 2 N–H and O–H groups in total. The van der Waals surface area contributed by atoms with Gasteiger partial charge in [0.25, 0.3) is 0 Å². The van der Waals surface area contributed by atoms with Crippen LogP contribution in [0.2, 0.25) is 5.31 Å². The summed E-state index contributed by atoms with van der Waals surface area (Å²) in [4.78, 5) is 0. The minimum Gasteiger partial charge on any atom is -0.333 e. The summed E-state index contributed by atoms with van der Waals surface area (Å²) in [5.41, 5.74) is 5.74. The van der Waals surface area contributed by atoms with Gasteiger partial charge in [-0.25, -0.2) is 0 Å². The minimum atomic E-state index is -0.159. The van der Waals surface area contributed by atoms with Crippen molar-refractivity contribution >= 4 is 7.28 Å². The van der Waals surface area contributed by atoms with E-state index in [2.05, 4.69) is 35.0 Å². The first-order valence-corrected chi connectivity index (χ1v) is 4.31. The zero-order chi connectivity index (χ0) is 9.28. The highest BCUT2D eigenvalue weighted by Crippen LogP contribution is 2.34. The van der Waals surface area contributed by atoms with Crippen LogP contribution in [-0.4, -0.2) is 12.7 Å². The molecule has 0 aromatic rings. The number of hydrogen-bond donors (Lipinski definition) is 1. The molecule has 0 aliphatic heterocycles. The summed E-state index contributed by atoms with van der Waals surface area (Å²) >= 11 is 0. The maximum absolute atomic E-state index is 5.90. The molecule has 2 heteroatoms. The molecule has 0 atom stereocenters. The van der Waals surface area contributed by atoms with Crippen LogP contribution in [0.4, 0.5) is 0 Å². The Morgan fingerprint density at radius 2 is 1.45 bits per heavy atom. The van der Waals surface area contributed by atoms with E-state index >= 15 is 0 Å². The van der Waals surface area contributed by atoms with Crippen LogP contribution < -0.4 is 5.73 Å². The molecule has 0 saturated carbocycles. The summed E-state index contributed by atoms with van der Waals surface area (Å²) < 4.78 is 0. The molecule has 0 aliphatic rings. The fourth-order valence-electron chi connectivity index (χ4n) is 1.13. The number of rotatable bonds is 3. The average molecular weight is 154 g/mol. The van der Waals surface area contributed by atoms with Crippen LogP contribution in [0.25, 0.3) is 0 Å². The SMILES string of the molecule is CC(C)C(C)(C)[B]C(C)(C)N. The second-order valence-corrected chi connectivity index (χ2v) is 4.94. The van der Waals surface area contributed by atoms with Crippen LogP contribution in [0, 0.1) is 5.92 Å². The van der Waals surface area contributed by atoms with E-state index in [0.29, 0.717) is 5.92 Å². The highest BCUT2D eigenvalue weighted by Gasteiger charge is 2.29. The van der Waals surface area contributed by atoms with Gasteiger partial charge in [-0.15, -0.1) is 0 Å². The van der Waals surface area contributed by atoms with Crippen molar-refractivity contribution in [3.8, 4) is 0 Å². The van der Waals surface area contributed by atoms with E-state index < -0.39 is 0 Å². The Morgan fingerprint density at radius 1 is 1.09 bits per heavy atom. The van der Waals surface area contributed by atoms with Gasteiger partial charge in [-0.05, 0) is 11.4 Å². The van der Waals surface area contributed by atoms with Gasteiger partial charge in [0.2, 0.25) is 0 Å². The molecule has 0 aromatic carbocycles. The van der Waals surface area contributed by atoms with Crippen LogP contribution in [-0.2, 0) is 0 Å². The second kappa shape index (κ2) is 3.18. The standard InChI is InChI=1S/C9H21BN/c1-7(2)8(3,4)10-9(5,6)11/h7H,11H2,1-6H3. The van der Waals surface area contributed by atoms with Crippen LogP contribution in [0.5, 0.6) is 0 Å². The third-order valence-corrected chi connectivity index (χ3v) is 2.23. The van der Waals surface area contributed by atoms with Gasteiger partial charge in [-0.3, -0.25) is 0 Å². The van der Waals surface area contributed by atoms with Crippen LogP contribution in [0.1, 0.15) is 41.5 Å². The highest BCUT2D eigenvalue weighted by atomic mass is 14.7. The number of hydrogen-bond acceptors (Lipinski definition) is 1. The summed E-state index contributed by atoms with van der Waals surface area (Å²) in [6, 6.07) is 0. The Morgan fingerprint density at radius 3 is 1.55 bits per heavy atom. The van der Waals surface area contributed by atoms with Gasteiger partial charge in [-0.1, -0.05) is 46.9 Å². The predicted molar refractivity (Wildman–Crippen MR) is 52.9 cm³/mol. The Bertz CT molecular complexity index is 122. The lowest BCUT2D eigenvalue weighted by Gasteiger charge is -2.34. The van der Waals surface area contributed by atoms with Crippen molar-refractivity contribution in [2.75, 3.05) is 0 Å². The van der Waals surface area contributed by atoms with Crippen molar-refractivity contribution in [2.24, 2.45) is 11.7 Å². The van der Waals surface area contributed by atoms with E-state index in [1.165, 1.54) is 0 Å². The Labute approximate surface area is 72.0 Å². The first kappa shape index (κ1) is 11.0. The van der Waals surface area contributed by atoms with Crippen LogP contribution in [0.3, 0.4) is 0 Å². The highest BCUT2D eigenvalue weighted by molar-refractivity contribution is 6.43. The predicted octanol–water partition coefficient (Wildman–Crippen LogP) is 2.24. The van der Waals surface area contributed by atoms with Crippen LogP contribution >= 0.6 is 0 Å². The van der Waals surface area contributed by atoms with E-state index in [1.807, 2.05) is 13.8 Å². The molecule has 0 amide bonds. The topological polar surface area (TPSA) is 26.0 Å². The summed E-state index contributed by atoms with van der Waals surface area (Å²) in [6.07, 6.45) is 0.